The summed E-state index contributed by atoms with van der Waals surface area (Å²) in [5, 5.41) is 12.5. The van der Waals surface area contributed by atoms with Crippen molar-refractivity contribution in [1.29, 1.82) is 0 Å². The lowest BCUT2D eigenvalue weighted by Crippen LogP contribution is -2.62. The molecule has 0 bridgehead atoms. The van der Waals surface area contributed by atoms with Crippen LogP contribution in [0.2, 0.25) is 0 Å². The van der Waals surface area contributed by atoms with Crippen molar-refractivity contribution in [3.8, 4) is 0 Å². The van der Waals surface area contributed by atoms with Crippen molar-refractivity contribution in [2.45, 2.75) is 25.8 Å². The first kappa shape index (κ1) is 14.6. The first-order valence-corrected chi connectivity index (χ1v) is 6.59. The molecule has 0 saturated carbocycles. The number of hydrogen-bond donors (Lipinski definition) is 3. The highest BCUT2D eigenvalue weighted by atomic mass is 19.1. The van der Waals surface area contributed by atoms with Gasteiger partial charge in [-0.05, 0) is 43.5 Å². The van der Waals surface area contributed by atoms with Gasteiger partial charge in [-0.15, -0.1) is 0 Å². The highest BCUT2D eigenvalue weighted by Gasteiger charge is 2.38. The van der Waals surface area contributed by atoms with Crippen LogP contribution >= 0.6 is 0 Å². The monoisotopic (exact) mass is 281 g/mol. The summed E-state index contributed by atoms with van der Waals surface area (Å²) in [6.07, 6.45) is -0.517. The number of rotatable bonds is 2. The smallest absolute Gasteiger partial charge is 0.407 e. The molecular weight excluding hydrogens is 261 g/mol. The molecule has 1 unspecified atom stereocenters. The summed E-state index contributed by atoms with van der Waals surface area (Å²) in [4.78, 5) is 12.8. The van der Waals surface area contributed by atoms with E-state index in [-0.39, 0.29) is 0 Å². The second kappa shape index (κ2) is 5.28. The van der Waals surface area contributed by atoms with Gasteiger partial charge in [0.1, 0.15) is 5.82 Å². The van der Waals surface area contributed by atoms with Crippen molar-refractivity contribution in [2.75, 3.05) is 25.4 Å². The number of amides is 1. The molecule has 0 spiro atoms. The van der Waals surface area contributed by atoms with Crippen molar-refractivity contribution < 1.29 is 14.3 Å². The Bertz CT molecular complexity index is 535. The Morgan fingerprint density at radius 2 is 2.30 bits per heavy atom. The molecule has 5 nitrogen and oxygen atoms in total. The first-order chi connectivity index (χ1) is 9.33. The van der Waals surface area contributed by atoms with Crippen LogP contribution in [0.4, 0.5) is 14.9 Å². The zero-order chi connectivity index (χ0) is 14.9. The quantitative estimate of drug-likeness (QED) is 0.719. The minimum absolute atomic E-state index is 0.391. The predicted octanol–water partition coefficient (Wildman–Crippen LogP) is 1.60. The molecule has 20 heavy (non-hydrogen) atoms. The molecule has 110 valence electrons. The Morgan fingerprint density at radius 1 is 1.60 bits per heavy atom. The van der Waals surface area contributed by atoms with Crippen molar-refractivity contribution in [3.05, 3.63) is 29.1 Å². The number of nitrogens with zero attached hydrogens (tertiary/aromatic N) is 1. The van der Waals surface area contributed by atoms with Crippen molar-refractivity contribution in [3.63, 3.8) is 0 Å². The maximum Gasteiger partial charge on any atom is 0.407 e. The Balaban J connectivity index is 2.33. The Hall–Kier alpha value is -1.82. The number of carboxylic acid groups (broad SMARTS) is 1. The van der Waals surface area contributed by atoms with Gasteiger partial charge in [0.05, 0.1) is 5.54 Å². The maximum atomic E-state index is 13.5. The fraction of sp³-hybridized carbons (Fsp3) is 0.500. The van der Waals surface area contributed by atoms with Gasteiger partial charge in [-0.25, -0.2) is 9.18 Å². The van der Waals surface area contributed by atoms with Crippen LogP contribution in [0.3, 0.4) is 0 Å². The highest BCUT2D eigenvalue weighted by molar-refractivity contribution is 5.66. The molecule has 0 aromatic heterocycles. The number of carbonyl (C=O) groups is 1. The lowest BCUT2D eigenvalue weighted by Gasteiger charge is -2.44. The zero-order valence-electron chi connectivity index (χ0n) is 11.7. The van der Waals surface area contributed by atoms with Gasteiger partial charge in [-0.3, -0.25) is 0 Å². The highest BCUT2D eigenvalue weighted by Crippen LogP contribution is 2.27. The average molecular weight is 281 g/mol. The second-order valence-corrected chi connectivity index (χ2v) is 5.56. The van der Waals surface area contributed by atoms with Crippen LogP contribution in [0.15, 0.2) is 12.1 Å². The summed E-state index contributed by atoms with van der Waals surface area (Å²) in [5.41, 5.74) is 7.13. The Morgan fingerprint density at radius 3 is 2.95 bits per heavy atom. The number of nitrogens with two attached hydrogens (primary N) is 1. The standard InChI is InChI=1S/C14H20FN3O2/c1-9-10(5-11(15)6-12(9)16)7-14(2)8-17-3-4-18(14)13(19)20/h5-6,17H,3-4,7-8,16H2,1-2H3,(H,19,20). The van der Waals surface area contributed by atoms with Crippen LogP contribution in [-0.4, -0.2) is 41.3 Å². The van der Waals surface area contributed by atoms with Crippen LogP contribution in [0.1, 0.15) is 18.1 Å². The summed E-state index contributed by atoms with van der Waals surface area (Å²) in [7, 11) is 0. The number of benzene rings is 1. The molecule has 1 amide bonds. The third kappa shape index (κ3) is 2.70. The summed E-state index contributed by atoms with van der Waals surface area (Å²) < 4.78 is 13.5. The average Bonchev–Trinajstić information content (AvgIpc) is 2.35. The summed E-state index contributed by atoms with van der Waals surface area (Å²) in [6, 6.07) is 2.72. The van der Waals surface area contributed by atoms with Gasteiger partial charge in [0, 0.05) is 25.3 Å². The summed E-state index contributed by atoms with van der Waals surface area (Å²) in [5.74, 6) is -0.391. The van der Waals surface area contributed by atoms with E-state index in [1.807, 2.05) is 13.8 Å². The zero-order valence-corrected chi connectivity index (χ0v) is 11.7. The number of nitrogen functional groups attached to an aromatic ring is 1. The van der Waals surface area contributed by atoms with Gasteiger partial charge in [0.2, 0.25) is 0 Å². The summed E-state index contributed by atoms with van der Waals surface area (Å²) >= 11 is 0. The molecule has 1 atom stereocenters. The van der Waals surface area contributed by atoms with Gasteiger partial charge >= 0.3 is 6.09 Å². The van der Waals surface area contributed by atoms with Gasteiger partial charge < -0.3 is 21.1 Å². The molecule has 1 saturated heterocycles. The molecule has 0 aliphatic carbocycles. The molecular formula is C14H20FN3O2. The lowest BCUT2D eigenvalue weighted by molar-refractivity contribution is 0.0666. The van der Waals surface area contributed by atoms with Gasteiger partial charge in [-0.1, -0.05) is 0 Å². The van der Waals surface area contributed by atoms with Gasteiger partial charge in [0.25, 0.3) is 0 Å². The first-order valence-electron chi connectivity index (χ1n) is 6.59. The van der Waals surface area contributed by atoms with Crippen LogP contribution < -0.4 is 11.1 Å². The largest absolute Gasteiger partial charge is 0.465 e. The molecule has 2 rings (SSSR count). The molecule has 6 heteroatoms. The minimum atomic E-state index is -0.948. The molecule has 1 aliphatic rings. The topological polar surface area (TPSA) is 78.6 Å². The Kier molecular flexibility index (Phi) is 3.85. The van der Waals surface area contributed by atoms with Gasteiger partial charge in [0.15, 0.2) is 0 Å². The maximum absolute atomic E-state index is 13.5. The van der Waals surface area contributed by atoms with Crippen molar-refractivity contribution in [2.24, 2.45) is 0 Å². The SMILES string of the molecule is Cc1c(N)cc(F)cc1CC1(C)CNCCN1C(=O)O. The molecule has 1 aliphatic heterocycles. The lowest BCUT2D eigenvalue weighted by atomic mass is 9.87. The molecule has 1 aromatic carbocycles. The number of piperazine rings is 1. The van der Waals surface area contributed by atoms with Crippen LogP contribution in [0.5, 0.6) is 0 Å². The van der Waals surface area contributed by atoms with E-state index < -0.39 is 17.4 Å². The predicted molar refractivity (Wildman–Crippen MR) is 75.3 cm³/mol. The number of nitrogens with one attached hydrogen (secondary N) is 1. The molecule has 0 radical (unpaired) electrons. The minimum Gasteiger partial charge on any atom is -0.465 e. The van der Waals surface area contributed by atoms with Crippen LogP contribution in [0, 0.1) is 12.7 Å². The van der Waals surface area contributed by atoms with E-state index in [0.29, 0.717) is 31.7 Å². The van der Waals surface area contributed by atoms with E-state index in [4.69, 9.17) is 5.73 Å². The number of halogens is 1. The summed E-state index contributed by atoms with van der Waals surface area (Å²) in [6.45, 7) is 5.29. The van der Waals surface area contributed by atoms with Crippen LogP contribution in [0.25, 0.3) is 0 Å². The second-order valence-electron chi connectivity index (χ2n) is 5.56. The third-order valence-electron chi connectivity index (χ3n) is 3.99. The van der Waals surface area contributed by atoms with E-state index >= 15 is 0 Å². The van der Waals surface area contributed by atoms with E-state index in [1.54, 1.807) is 0 Å². The van der Waals surface area contributed by atoms with Crippen molar-refractivity contribution >= 4 is 11.8 Å². The van der Waals surface area contributed by atoms with E-state index in [0.717, 1.165) is 11.1 Å². The Labute approximate surface area is 117 Å². The number of hydrogen-bond acceptors (Lipinski definition) is 3. The normalized spacial score (nSPS) is 22.9. The van der Waals surface area contributed by atoms with E-state index in [2.05, 4.69) is 5.32 Å². The molecule has 4 N–H and O–H groups in total. The fourth-order valence-corrected chi connectivity index (χ4v) is 2.75. The van der Waals surface area contributed by atoms with Gasteiger partial charge in [-0.2, -0.15) is 0 Å². The molecule has 1 fully saturated rings. The van der Waals surface area contributed by atoms with E-state index in [9.17, 15) is 14.3 Å². The third-order valence-corrected chi connectivity index (χ3v) is 3.99. The van der Waals surface area contributed by atoms with E-state index in [1.165, 1.54) is 17.0 Å². The molecule has 1 heterocycles. The number of anilines is 1. The fourth-order valence-electron chi connectivity index (χ4n) is 2.75. The molecule has 1 aromatic rings. The van der Waals surface area contributed by atoms with Crippen LogP contribution in [-0.2, 0) is 6.42 Å². The van der Waals surface area contributed by atoms with Crippen molar-refractivity contribution in [1.82, 2.24) is 10.2 Å².